The SMILES string of the molecule is CC1CSCC1(O)CCc1cccs1. The summed E-state index contributed by atoms with van der Waals surface area (Å²) in [6, 6.07) is 4.23. The second-order valence-electron chi connectivity index (χ2n) is 4.10. The van der Waals surface area contributed by atoms with Crippen molar-refractivity contribution < 1.29 is 5.11 Å². The lowest BCUT2D eigenvalue weighted by molar-refractivity contribution is 0.0195. The van der Waals surface area contributed by atoms with Gasteiger partial charge in [-0.2, -0.15) is 11.8 Å². The lowest BCUT2D eigenvalue weighted by Gasteiger charge is -2.26. The zero-order valence-electron chi connectivity index (χ0n) is 8.40. The van der Waals surface area contributed by atoms with Crippen LogP contribution >= 0.6 is 23.1 Å². The molecule has 0 aliphatic carbocycles. The smallest absolute Gasteiger partial charge is 0.0774 e. The first-order valence-corrected chi connectivity index (χ1v) is 7.07. The van der Waals surface area contributed by atoms with Crippen molar-refractivity contribution in [1.29, 1.82) is 0 Å². The Morgan fingerprint density at radius 3 is 3.07 bits per heavy atom. The Bertz CT molecular complexity index is 283. The van der Waals surface area contributed by atoms with Gasteiger partial charge in [0.2, 0.25) is 0 Å². The van der Waals surface area contributed by atoms with Crippen LogP contribution in [0.15, 0.2) is 17.5 Å². The minimum Gasteiger partial charge on any atom is -0.389 e. The first-order chi connectivity index (χ1) is 6.71. The maximum Gasteiger partial charge on any atom is 0.0774 e. The average Bonchev–Trinajstić information content (AvgIpc) is 2.75. The molecule has 0 aromatic carbocycles. The van der Waals surface area contributed by atoms with E-state index in [-0.39, 0.29) is 0 Å². The lowest BCUT2D eigenvalue weighted by Crippen LogP contribution is -2.35. The fourth-order valence-electron chi connectivity index (χ4n) is 1.82. The van der Waals surface area contributed by atoms with Crippen LogP contribution in [0, 0.1) is 5.92 Å². The molecular formula is C11H16OS2. The summed E-state index contributed by atoms with van der Waals surface area (Å²) in [5.74, 6) is 2.48. The van der Waals surface area contributed by atoms with Gasteiger partial charge < -0.3 is 5.11 Å². The zero-order chi connectivity index (χ0) is 10.0. The molecule has 1 N–H and O–H groups in total. The maximum absolute atomic E-state index is 10.3. The van der Waals surface area contributed by atoms with Gasteiger partial charge in [0.15, 0.2) is 0 Å². The predicted octanol–water partition coefficient (Wildman–Crippen LogP) is 2.79. The summed E-state index contributed by atoms with van der Waals surface area (Å²) in [5.41, 5.74) is -0.408. The highest BCUT2D eigenvalue weighted by Crippen LogP contribution is 2.36. The Morgan fingerprint density at radius 2 is 2.50 bits per heavy atom. The third-order valence-corrected chi connectivity index (χ3v) is 5.40. The van der Waals surface area contributed by atoms with E-state index in [1.165, 1.54) is 4.88 Å². The standard InChI is InChI=1S/C11H16OS2/c1-9-7-13-8-11(9,12)5-4-10-3-2-6-14-10/h2-3,6,9,12H,4-5,7-8H2,1H3. The van der Waals surface area contributed by atoms with Gasteiger partial charge in [0.25, 0.3) is 0 Å². The van der Waals surface area contributed by atoms with Crippen LogP contribution in [-0.4, -0.2) is 22.2 Å². The third kappa shape index (κ3) is 2.15. The molecule has 2 rings (SSSR count). The van der Waals surface area contributed by atoms with E-state index in [9.17, 15) is 5.11 Å². The third-order valence-electron chi connectivity index (χ3n) is 3.02. The summed E-state index contributed by atoms with van der Waals surface area (Å²) in [6.45, 7) is 2.16. The van der Waals surface area contributed by atoms with E-state index in [1.807, 2.05) is 11.8 Å². The van der Waals surface area contributed by atoms with E-state index in [2.05, 4.69) is 24.4 Å². The Labute approximate surface area is 93.5 Å². The first kappa shape index (κ1) is 10.5. The van der Waals surface area contributed by atoms with Crippen molar-refractivity contribution in [3.05, 3.63) is 22.4 Å². The molecule has 1 aromatic rings. The quantitative estimate of drug-likeness (QED) is 0.858. The van der Waals surface area contributed by atoms with Crippen molar-refractivity contribution >= 4 is 23.1 Å². The molecule has 2 atom stereocenters. The van der Waals surface area contributed by atoms with Gasteiger partial charge in [-0.15, -0.1) is 11.3 Å². The molecule has 2 heterocycles. The van der Waals surface area contributed by atoms with Crippen LogP contribution in [0.2, 0.25) is 0 Å². The summed E-state index contributed by atoms with van der Waals surface area (Å²) in [5, 5.41) is 12.4. The number of thiophene rings is 1. The topological polar surface area (TPSA) is 20.2 Å². The van der Waals surface area contributed by atoms with Crippen molar-refractivity contribution in [2.45, 2.75) is 25.4 Å². The first-order valence-electron chi connectivity index (χ1n) is 5.03. The lowest BCUT2D eigenvalue weighted by atomic mass is 9.88. The van der Waals surface area contributed by atoms with Gasteiger partial charge in [0.1, 0.15) is 0 Å². The van der Waals surface area contributed by atoms with Crippen molar-refractivity contribution in [1.82, 2.24) is 0 Å². The largest absolute Gasteiger partial charge is 0.389 e. The number of thioether (sulfide) groups is 1. The fourth-order valence-corrected chi connectivity index (χ4v) is 4.10. The second-order valence-corrected chi connectivity index (χ2v) is 6.16. The van der Waals surface area contributed by atoms with Crippen LogP contribution in [0.4, 0.5) is 0 Å². The number of hydrogen-bond donors (Lipinski definition) is 1. The highest BCUT2D eigenvalue weighted by molar-refractivity contribution is 7.99. The number of aryl methyl sites for hydroxylation is 1. The van der Waals surface area contributed by atoms with Gasteiger partial charge in [0.05, 0.1) is 5.60 Å². The van der Waals surface area contributed by atoms with Gasteiger partial charge in [-0.25, -0.2) is 0 Å². The molecule has 0 saturated carbocycles. The molecule has 0 radical (unpaired) electrons. The summed E-state index contributed by atoms with van der Waals surface area (Å²) < 4.78 is 0. The number of rotatable bonds is 3. The van der Waals surface area contributed by atoms with Crippen LogP contribution < -0.4 is 0 Å². The molecule has 78 valence electrons. The highest BCUT2D eigenvalue weighted by atomic mass is 32.2. The second kappa shape index (κ2) is 4.25. The minimum absolute atomic E-state index is 0.408. The van der Waals surface area contributed by atoms with Crippen molar-refractivity contribution in [2.75, 3.05) is 11.5 Å². The molecule has 0 amide bonds. The molecule has 1 fully saturated rings. The molecular weight excluding hydrogens is 212 g/mol. The Morgan fingerprint density at radius 1 is 1.64 bits per heavy atom. The van der Waals surface area contributed by atoms with Gasteiger partial charge in [-0.3, -0.25) is 0 Å². The predicted molar refractivity (Wildman–Crippen MR) is 64.1 cm³/mol. The van der Waals surface area contributed by atoms with Crippen LogP contribution in [0.5, 0.6) is 0 Å². The molecule has 1 aliphatic rings. The van der Waals surface area contributed by atoms with Crippen molar-refractivity contribution in [3.8, 4) is 0 Å². The summed E-state index contributed by atoms with van der Waals surface area (Å²) in [4.78, 5) is 1.39. The van der Waals surface area contributed by atoms with E-state index in [4.69, 9.17) is 0 Å². The normalized spacial score (nSPS) is 32.3. The minimum atomic E-state index is -0.408. The van der Waals surface area contributed by atoms with Crippen LogP contribution in [0.3, 0.4) is 0 Å². The molecule has 0 bridgehead atoms. The molecule has 3 heteroatoms. The maximum atomic E-state index is 10.3. The number of hydrogen-bond acceptors (Lipinski definition) is 3. The number of aliphatic hydroxyl groups is 1. The van der Waals surface area contributed by atoms with E-state index in [1.54, 1.807) is 11.3 Å². The molecule has 0 spiro atoms. The molecule has 2 unspecified atom stereocenters. The molecule has 1 nitrogen and oxygen atoms in total. The van der Waals surface area contributed by atoms with Crippen molar-refractivity contribution in [3.63, 3.8) is 0 Å². The summed E-state index contributed by atoms with van der Waals surface area (Å²) in [7, 11) is 0. The van der Waals surface area contributed by atoms with E-state index >= 15 is 0 Å². The van der Waals surface area contributed by atoms with E-state index in [0.29, 0.717) is 5.92 Å². The van der Waals surface area contributed by atoms with Gasteiger partial charge in [0, 0.05) is 10.6 Å². The summed E-state index contributed by atoms with van der Waals surface area (Å²) in [6.07, 6.45) is 1.95. The Kier molecular flexibility index (Phi) is 3.20. The summed E-state index contributed by atoms with van der Waals surface area (Å²) >= 11 is 3.67. The van der Waals surface area contributed by atoms with Crippen LogP contribution in [0.1, 0.15) is 18.2 Å². The van der Waals surface area contributed by atoms with Gasteiger partial charge in [-0.1, -0.05) is 13.0 Å². The Balaban J connectivity index is 1.91. The highest BCUT2D eigenvalue weighted by Gasteiger charge is 2.38. The molecule has 14 heavy (non-hydrogen) atoms. The van der Waals surface area contributed by atoms with Crippen LogP contribution in [0.25, 0.3) is 0 Å². The van der Waals surface area contributed by atoms with E-state index in [0.717, 1.165) is 24.3 Å². The van der Waals surface area contributed by atoms with Gasteiger partial charge >= 0.3 is 0 Å². The van der Waals surface area contributed by atoms with Gasteiger partial charge in [-0.05, 0) is 36.0 Å². The van der Waals surface area contributed by atoms with Crippen molar-refractivity contribution in [2.24, 2.45) is 5.92 Å². The average molecular weight is 228 g/mol. The monoisotopic (exact) mass is 228 g/mol. The zero-order valence-corrected chi connectivity index (χ0v) is 10.0. The van der Waals surface area contributed by atoms with Crippen LogP contribution in [-0.2, 0) is 6.42 Å². The Hall–Kier alpha value is 0.01000. The molecule has 1 aromatic heterocycles. The van der Waals surface area contributed by atoms with E-state index < -0.39 is 5.60 Å². The molecule has 1 saturated heterocycles. The molecule has 1 aliphatic heterocycles. The fraction of sp³-hybridized carbons (Fsp3) is 0.636.